The predicted molar refractivity (Wildman–Crippen MR) is 69.7 cm³/mol. The lowest BCUT2D eigenvalue weighted by atomic mass is 9.88. The highest BCUT2D eigenvalue weighted by Gasteiger charge is 2.43. The first-order valence-corrected chi connectivity index (χ1v) is 7.12. The Labute approximate surface area is 113 Å². The quantitative estimate of drug-likeness (QED) is 0.824. The number of amides is 1. The van der Waals surface area contributed by atoms with Crippen molar-refractivity contribution >= 4 is 11.9 Å². The fourth-order valence-corrected chi connectivity index (χ4v) is 3.42. The molecular weight excluding hydrogens is 246 g/mol. The Morgan fingerprint density at radius 3 is 2.32 bits per heavy atom. The zero-order valence-corrected chi connectivity index (χ0v) is 11.7. The summed E-state index contributed by atoms with van der Waals surface area (Å²) in [5, 5.41) is 8.88. The van der Waals surface area contributed by atoms with E-state index < -0.39 is 5.97 Å². The smallest absolute Gasteiger partial charge is 0.303 e. The summed E-state index contributed by atoms with van der Waals surface area (Å²) in [7, 11) is 0. The van der Waals surface area contributed by atoms with Gasteiger partial charge in [-0.2, -0.15) is 0 Å². The van der Waals surface area contributed by atoms with E-state index in [1.165, 1.54) is 0 Å². The van der Waals surface area contributed by atoms with Crippen LogP contribution in [0.15, 0.2) is 0 Å². The largest absolute Gasteiger partial charge is 0.481 e. The van der Waals surface area contributed by atoms with Crippen molar-refractivity contribution in [1.82, 2.24) is 4.90 Å². The molecule has 2 rings (SSSR count). The second kappa shape index (κ2) is 5.90. The fraction of sp³-hybridized carbons (Fsp3) is 0.857. The Balaban J connectivity index is 1.91. The Morgan fingerprint density at radius 1 is 1.26 bits per heavy atom. The number of aliphatic carboxylic acids is 1. The highest BCUT2D eigenvalue weighted by molar-refractivity contribution is 5.78. The van der Waals surface area contributed by atoms with E-state index in [0.717, 1.165) is 25.7 Å². The molecule has 2 bridgehead atoms. The van der Waals surface area contributed by atoms with Crippen molar-refractivity contribution < 1.29 is 19.4 Å². The molecule has 2 saturated heterocycles. The van der Waals surface area contributed by atoms with Crippen LogP contribution < -0.4 is 0 Å². The number of carboxylic acids is 1. The van der Waals surface area contributed by atoms with Gasteiger partial charge in [-0.25, -0.2) is 0 Å². The minimum absolute atomic E-state index is 0.0613. The lowest BCUT2D eigenvalue weighted by molar-refractivity contribution is -0.143. The number of piperidine rings is 1. The molecule has 2 fully saturated rings. The maximum Gasteiger partial charge on any atom is 0.303 e. The summed E-state index contributed by atoms with van der Waals surface area (Å²) in [6.07, 6.45) is 3.97. The molecule has 0 aliphatic carbocycles. The normalized spacial score (nSPS) is 29.8. The number of hydrogen-bond acceptors (Lipinski definition) is 3. The molecule has 0 spiro atoms. The summed E-state index contributed by atoms with van der Waals surface area (Å²) >= 11 is 0. The van der Waals surface area contributed by atoms with E-state index in [1.807, 2.05) is 18.7 Å². The lowest BCUT2D eigenvalue weighted by Crippen LogP contribution is -2.48. The van der Waals surface area contributed by atoms with Crippen molar-refractivity contribution in [2.75, 3.05) is 6.61 Å². The molecule has 2 heterocycles. The molecule has 2 unspecified atom stereocenters. The minimum atomic E-state index is -0.729. The summed E-state index contributed by atoms with van der Waals surface area (Å²) < 4.78 is 5.39. The third-order valence-electron chi connectivity index (χ3n) is 4.12. The van der Waals surface area contributed by atoms with Gasteiger partial charge in [0.15, 0.2) is 0 Å². The standard InChI is InChI=1S/C14H23NO4/c1-9(2)19-8-13(16)15-11-3-4-12(15)6-10(5-11)7-14(17)18/h9-12H,3-8H2,1-2H3,(H,17,18). The van der Waals surface area contributed by atoms with Crippen LogP contribution in [0, 0.1) is 5.92 Å². The first kappa shape index (κ1) is 14.3. The summed E-state index contributed by atoms with van der Waals surface area (Å²) in [4.78, 5) is 24.9. The first-order valence-electron chi connectivity index (χ1n) is 7.12. The summed E-state index contributed by atoms with van der Waals surface area (Å²) in [6.45, 7) is 3.98. The average molecular weight is 269 g/mol. The Kier molecular flexibility index (Phi) is 4.45. The van der Waals surface area contributed by atoms with Crippen LogP contribution in [0.5, 0.6) is 0 Å². The van der Waals surface area contributed by atoms with E-state index in [1.54, 1.807) is 0 Å². The van der Waals surface area contributed by atoms with Gasteiger partial charge in [-0.1, -0.05) is 0 Å². The molecule has 2 aliphatic heterocycles. The molecule has 0 aromatic heterocycles. The Hall–Kier alpha value is -1.10. The number of ether oxygens (including phenoxy) is 1. The highest BCUT2D eigenvalue weighted by Crippen LogP contribution is 2.39. The van der Waals surface area contributed by atoms with Gasteiger partial charge in [-0.05, 0) is 45.4 Å². The number of carbonyl (C=O) groups excluding carboxylic acids is 1. The highest BCUT2D eigenvalue weighted by atomic mass is 16.5. The molecule has 2 aliphatic rings. The van der Waals surface area contributed by atoms with E-state index in [2.05, 4.69) is 0 Å². The van der Waals surface area contributed by atoms with Gasteiger partial charge in [0.1, 0.15) is 6.61 Å². The second-order valence-corrected chi connectivity index (χ2v) is 5.98. The molecule has 0 saturated carbocycles. The van der Waals surface area contributed by atoms with Crippen LogP contribution in [-0.4, -0.2) is 46.7 Å². The van der Waals surface area contributed by atoms with Crippen molar-refractivity contribution in [3.8, 4) is 0 Å². The first-order chi connectivity index (χ1) is 8.97. The van der Waals surface area contributed by atoms with E-state index in [-0.39, 0.29) is 43.0 Å². The number of hydrogen-bond donors (Lipinski definition) is 1. The molecule has 19 heavy (non-hydrogen) atoms. The zero-order chi connectivity index (χ0) is 14.0. The average Bonchev–Trinajstić information content (AvgIpc) is 2.57. The molecule has 1 amide bonds. The Morgan fingerprint density at radius 2 is 1.84 bits per heavy atom. The van der Waals surface area contributed by atoms with Gasteiger partial charge in [0.05, 0.1) is 6.10 Å². The van der Waals surface area contributed by atoms with Gasteiger partial charge < -0.3 is 14.7 Å². The van der Waals surface area contributed by atoms with Gasteiger partial charge in [-0.3, -0.25) is 9.59 Å². The van der Waals surface area contributed by atoms with Gasteiger partial charge in [0.25, 0.3) is 0 Å². The molecular formula is C14H23NO4. The number of carbonyl (C=O) groups is 2. The summed E-state index contributed by atoms with van der Waals surface area (Å²) in [6, 6.07) is 0.456. The van der Waals surface area contributed by atoms with E-state index in [0.29, 0.717) is 0 Å². The molecule has 2 atom stereocenters. The molecule has 0 radical (unpaired) electrons. The van der Waals surface area contributed by atoms with Crippen LogP contribution in [-0.2, 0) is 14.3 Å². The van der Waals surface area contributed by atoms with E-state index in [4.69, 9.17) is 9.84 Å². The minimum Gasteiger partial charge on any atom is -0.481 e. The van der Waals surface area contributed by atoms with Crippen molar-refractivity contribution in [1.29, 1.82) is 0 Å². The van der Waals surface area contributed by atoms with Gasteiger partial charge >= 0.3 is 5.97 Å². The molecule has 5 heteroatoms. The van der Waals surface area contributed by atoms with Crippen LogP contribution in [0.1, 0.15) is 46.0 Å². The molecule has 5 nitrogen and oxygen atoms in total. The second-order valence-electron chi connectivity index (χ2n) is 5.98. The third kappa shape index (κ3) is 3.47. The van der Waals surface area contributed by atoms with Crippen molar-refractivity contribution in [3.05, 3.63) is 0 Å². The summed E-state index contributed by atoms with van der Waals surface area (Å²) in [5.74, 6) is -0.438. The molecule has 0 aromatic rings. The number of fused-ring (bicyclic) bond motifs is 2. The number of nitrogens with zero attached hydrogens (tertiary/aromatic N) is 1. The van der Waals surface area contributed by atoms with Crippen LogP contribution in [0.25, 0.3) is 0 Å². The van der Waals surface area contributed by atoms with Crippen molar-refractivity contribution in [2.24, 2.45) is 5.92 Å². The van der Waals surface area contributed by atoms with Gasteiger partial charge in [0.2, 0.25) is 5.91 Å². The van der Waals surface area contributed by atoms with Crippen LogP contribution in [0.3, 0.4) is 0 Å². The molecule has 0 aromatic carbocycles. The van der Waals surface area contributed by atoms with Gasteiger partial charge in [-0.15, -0.1) is 0 Å². The Bertz CT molecular complexity index is 341. The van der Waals surface area contributed by atoms with Crippen LogP contribution in [0.4, 0.5) is 0 Å². The third-order valence-corrected chi connectivity index (χ3v) is 4.12. The topological polar surface area (TPSA) is 66.8 Å². The molecule has 108 valence electrons. The van der Waals surface area contributed by atoms with Crippen LogP contribution >= 0.6 is 0 Å². The van der Waals surface area contributed by atoms with E-state index >= 15 is 0 Å². The van der Waals surface area contributed by atoms with E-state index in [9.17, 15) is 9.59 Å². The number of carboxylic acid groups (broad SMARTS) is 1. The predicted octanol–water partition coefficient (Wildman–Crippen LogP) is 1.66. The summed E-state index contributed by atoms with van der Waals surface area (Å²) in [5.41, 5.74) is 0. The molecule has 1 N–H and O–H groups in total. The number of rotatable bonds is 5. The fourth-order valence-electron chi connectivity index (χ4n) is 3.42. The lowest BCUT2D eigenvalue weighted by Gasteiger charge is -2.38. The zero-order valence-electron chi connectivity index (χ0n) is 11.7. The maximum atomic E-state index is 12.2. The van der Waals surface area contributed by atoms with Crippen molar-refractivity contribution in [2.45, 2.75) is 64.1 Å². The SMILES string of the molecule is CC(C)OCC(=O)N1C2CCC1CC(CC(=O)O)C2. The van der Waals surface area contributed by atoms with Crippen LogP contribution in [0.2, 0.25) is 0 Å². The van der Waals surface area contributed by atoms with Gasteiger partial charge in [0, 0.05) is 18.5 Å². The maximum absolute atomic E-state index is 12.2. The monoisotopic (exact) mass is 269 g/mol. The van der Waals surface area contributed by atoms with Crippen molar-refractivity contribution in [3.63, 3.8) is 0 Å².